The molecule has 11 heteroatoms. The van der Waals surface area contributed by atoms with E-state index in [9.17, 15) is 30.7 Å². The summed E-state index contributed by atoms with van der Waals surface area (Å²) in [6.07, 6.45) is 0.0214. The Labute approximate surface area is 166 Å². The number of rotatable bonds is 2. The molecule has 104 valence electrons. The van der Waals surface area contributed by atoms with E-state index in [1.54, 1.807) is 0 Å². The third-order valence-electron chi connectivity index (χ3n) is 2.95. The smallest absolute Gasteiger partial charge is 0.747 e. The van der Waals surface area contributed by atoms with Crippen LogP contribution in [0.2, 0.25) is 0 Å². The van der Waals surface area contributed by atoms with Gasteiger partial charge in [-0.05, 0) is 30.5 Å². The van der Waals surface area contributed by atoms with Crippen LogP contribution in [0.1, 0.15) is 22.3 Å². The number of carbonyl (C=O) groups excluding carboxylic acids is 1. The largest absolute Gasteiger partial charge is 1.00 e. The molecule has 0 amide bonds. The third kappa shape index (κ3) is 4.84. The van der Waals surface area contributed by atoms with Gasteiger partial charge in [0.1, 0.15) is 25.5 Å². The van der Waals surface area contributed by atoms with E-state index in [1.807, 2.05) is 0 Å². The predicted molar refractivity (Wildman–Crippen MR) is 60.5 cm³/mol. The molecule has 7 nitrogen and oxygen atoms in total. The summed E-state index contributed by atoms with van der Waals surface area (Å²) in [5.41, 5.74) is 0.241. The molecule has 0 saturated carbocycles. The summed E-state index contributed by atoms with van der Waals surface area (Å²) in [5, 5.41) is -1.72. The van der Waals surface area contributed by atoms with Crippen molar-refractivity contribution in [2.45, 2.75) is 23.0 Å². The van der Waals surface area contributed by atoms with Crippen LogP contribution in [0, 0.1) is 0 Å². The molecule has 0 aromatic heterocycles. The Morgan fingerprint density at radius 2 is 1.62 bits per heavy atom. The van der Waals surface area contributed by atoms with E-state index >= 15 is 0 Å². The second-order valence-corrected chi connectivity index (χ2v) is 7.09. The third-order valence-corrected chi connectivity index (χ3v) is 4.93. The van der Waals surface area contributed by atoms with Crippen molar-refractivity contribution in [1.29, 1.82) is 0 Å². The van der Waals surface area contributed by atoms with E-state index in [-0.39, 0.29) is 77.5 Å². The van der Waals surface area contributed by atoms with Crippen LogP contribution in [0.15, 0.2) is 23.1 Å². The fourth-order valence-corrected chi connectivity index (χ4v) is 3.32. The summed E-state index contributed by atoms with van der Waals surface area (Å²) in [6.45, 7) is 0. The van der Waals surface area contributed by atoms with Crippen molar-refractivity contribution in [1.82, 2.24) is 0 Å². The monoisotopic (exact) mass is 350 g/mol. The summed E-state index contributed by atoms with van der Waals surface area (Å²) in [7, 11) is -9.54. The quantitative estimate of drug-likeness (QED) is 0.383. The van der Waals surface area contributed by atoms with Crippen LogP contribution in [-0.2, 0) is 26.7 Å². The summed E-state index contributed by atoms with van der Waals surface area (Å²) in [4.78, 5) is 11.2. The standard InChI is InChI=1S/C10H10O7S2.2Na/c11-10-8-5-7(18(12,13)14)3-1-6(8)2-4-9(10)19(15,16)17;;/h1,3,5,9H,2,4H2,(H,12,13,14)(H,15,16,17);;/q;2*+1/p-2. The minimum atomic E-state index is -4.79. The van der Waals surface area contributed by atoms with E-state index in [0.29, 0.717) is 5.56 Å². The predicted octanol–water partition coefficient (Wildman–Crippen LogP) is -6.36. The zero-order valence-corrected chi connectivity index (χ0v) is 17.0. The molecule has 1 aliphatic carbocycles. The molecular formula is C10H8Na2O7S2. The van der Waals surface area contributed by atoms with Crippen molar-refractivity contribution in [3.05, 3.63) is 29.3 Å². The van der Waals surface area contributed by atoms with E-state index in [1.165, 1.54) is 6.07 Å². The maximum atomic E-state index is 11.9. The molecule has 1 aliphatic rings. The fourth-order valence-electron chi connectivity index (χ4n) is 2.03. The number of benzene rings is 1. The van der Waals surface area contributed by atoms with E-state index in [2.05, 4.69) is 0 Å². The first-order chi connectivity index (χ1) is 8.60. The van der Waals surface area contributed by atoms with Crippen molar-refractivity contribution < 1.29 is 89.9 Å². The molecule has 1 aromatic rings. The molecule has 0 N–H and O–H groups in total. The Bertz CT molecular complexity index is 756. The van der Waals surface area contributed by atoms with E-state index < -0.39 is 36.2 Å². The summed E-state index contributed by atoms with van der Waals surface area (Å²) >= 11 is 0. The Balaban J connectivity index is 0.00000200. The molecule has 0 heterocycles. The van der Waals surface area contributed by atoms with Crippen LogP contribution in [0.5, 0.6) is 0 Å². The summed E-state index contributed by atoms with van der Waals surface area (Å²) < 4.78 is 65.4. The molecule has 0 fully saturated rings. The molecule has 21 heavy (non-hydrogen) atoms. The number of aryl methyl sites for hydroxylation is 1. The van der Waals surface area contributed by atoms with Crippen molar-refractivity contribution in [2.75, 3.05) is 0 Å². The van der Waals surface area contributed by atoms with Crippen LogP contribution >= 0.6 is 0 Å². The van der Waals surface area contributed by atoms with Crippen LogP contribution in [-0.4, -0.2) is 37.0 Å². The van der Waals surface area contributed by atoms with Gasteiger partial charge >= 0.3 is 59.1 Å². The van der Waals surface area contributed by atoms with Crippen molar-refractivity contribution in [3.63, 3.8) is 0 Å². The molecule has 0 spiro atoms. The average Bonchev–Trinajstić information content (AvgIpc) is 2.26. The van der Waals surface area contributed by atoms with Gasteiger partial charge in [-0.1, -0.05) is 6.07 Å². The van der Waals surface area contributed by atoms with Crippen LogP contribution in [0.3, 0.4) is 0 Å². The second-order valence-electron chi connectivity index (χ2n) is 4.16. The molecule has 0 radical (unpaired) electrons. The Morgan fingerprint density at radius 1 is 1.05 bits per heavy atom. The molecular weight excluding hydrogens is 342 g/mol. The van der Waals surface area contributed by atoms with Gasteiger partial charge in [0.05, 0.1) is 4.90 Å². The van der Waals surface area contributed by atoms with Gasteiger partial charge in [-0.15, -0.1) is 0 Å². The molecule has 1 aromatic carbocycles. The van der Waals surface area contributed by atoms with Crippen molar-refractivity contribution in [2.24, 2.45) is 0 Å². The number of hydrogen-bond acceptors (Lipinski definition) is 7. The van der Waals surface area contributed by atoms with Crippen LogP contribution < -0.4 is 59.1 Å². The zero-order valence-electron chi connectivity index (χ0n) is 11.4. The van der Waals surface area contributed by atoms with Gasteiger partial charge in [-0.3, -0.25) is 4.79 Å². The van der Waals surface area contributed by atoms with Crippen molar-refractivity contribution >= 4 is 26.0 Å². The number of fused-ring (bicyclic) bond motifs is 1. The minimum Gasteiger partial charge on any atom is -0.747 e. The van der Waals surface area contributed by atoms with E-state index in [0.717, 1.165) is 12.1 Å². The zero-order chi connectivity index (χ0) is 14.4. The number of hydrogen-bond donors (Lipinski definition) is 0. The van der Waals surface area contributed by atoms with Gasteiger partial charge in [0.15, 0.2) is 5.78 Å². The Kier molecular flexibility index (Phi) is 7.77. The van der Waals surface area contributed by atoms with E-state index in [4.69, 9.17) is 0 Å². The summed E-state index contributed by atoms with van der Waals surface area (Å²) in [5.74, 6) is -0.957. The molecule has 2 rings (SSSR count). The first-order valence-corrected chi connectivity index (χ1v) is 8.06. The average molecular weight is 350 g/mol. The van der Waals surface area contributed by atoms with Crippen LogP contribution in [0.4, 0.5) is 0 Å². The molecule has 0 bridgehead atoms. The maximum Gasteiger partial charge on any atom is 1.00 e. The molecule has 1 atom stereocenters. The SMILES string of the molecule is O=C1c2cc(S(=O)(=O)[O-])ccc2CCC1S(=O)(=O)[O-].[Na+].[Na+]. The van der Waals surface area contributed by atoms with Gasteiger partial charge in [0, 0.05) is 5.56 Å². The molecule has 0 aliphatic heterocycles. The van der Waals surface area contributed by atoms with Gasteiger partial charge < -0.3 is 9.11 Å². The van der Waals surface area contributed by atoms with Crippen molar-refractivity contribution in [3.8, 4) is 0 Å². The van der Waals surface area contributed by atoms with Gasteiger partial charge in [-0.2, -0.15) is 0 Å². The minimum absolute atomic E-state index is 0. The first-order valence-electron chi connectivity index (χ1n) is 5.18. The number of ketones is 1. The van der Waals surface area contributed by atoms with Gasteiger partial charge in [0.2, 0.25) is 0 Å². The second kappa shape index (κ2) is 7.52. The first kappa shape index (κ1) is 21.7. The molecule has 0 saturated heterocycles. The number of carbonyl (C=O) groups is 1. The number of Topliss-reactive ketones (excluding diaryl/α,β-unsaturated/α-hetero) is 1. The normalized spacial score (nSPS) is 18.2. The summed E-state index contributed by atoms with van der Waals surface area (Å²) in [6, 6.07) is 3.17. The topological polar surface area (TPSA) is 131 Å². The molecule has 1 unspecified atom stereocenters. The fraction of sp³-hybridized carbons (Fsp3) is 0.300. The van der Waals surface area contributed by atoms with Gasteiger partial charge in [0.25, 0.3) is 0 Å². The van der Waals surface area contributed by atoms with Gasteiger partial charge in [-0.25, -0.2) is 16.8 Å². The maximum absolute atomic E-state index is 11.9. The van der Waals surface area contributed by atoms with Crippen LogP contribution in [0.25, 0.3) is 0 Å². The Hall–Kier alpha value is 0.710. The Morgan fingerprint density at radius 3 is 2.10 bits per heavy atom.